The van der Waals surface area contributed by atoms with Crippen molar-refractivity contribution in [2.24, 2.45) is 0 Å². The van der Waals surface area contributed by atoms with Gasteiger partial charge in [0.15, 0.2) is 11.5 Å². The summed E-state index contributed by atoms with van der Waals surface area (Å²) in [6, 6.07) is 11.3. The molecule has 1 amide bonds. The van der Waals surface area contributed by atoms with Gasteiger partial charge in [-0.15, -0.1) is 10.2 Å². The fraction of sp³-hybridized carbons (Fsp3) is 0.286. The van der Waals surface area contributed by atoms with Crippen LogP contribution >= 0.6 is 0 Å². The van der Waals surface area contributed by atoms with Crippen molar-refractivity contribution in [2.45, 2.75) is 4.90 Å². The van der Waals surface area contributed by atoms with Gasteiger partial charge in [-0.05, 0) is 36.4 Å². The van der Waals surface area contributed by atoms with Gasteiger partial charge in [-0.2, -0.15) is 4.31 Å². The van der Waals surface area contributed by atoms with Crippen LogP contribution in [0.3, 0.4) is 0 Å². The molecular weight excluding hydrogens is 436 g/mol. The molecule has 2 aromatic carbocycles. The first-order chi connectivity index (χ1) is 15.4. The van der Waals surface area contributed by atoms with Gasteiger partial charge < -0.3 is 18.8 Å². The van der Waals surface area contributed by atoms with Crippen molar-refractivity contribution in [2.75, 3.05) is 40.4 Å². The summed E-state index contributed by atoms with van der Waals surface area (Å²) in [6.07, 6.45) is 1.24. The van der Waals surface area contributed by atoms with Crippen LogP contribution in [-0.4, -0.2) is 74.1 Å². The van der Waals surface area contributed by atoms with Gasteiger partial charge in [-0.25, -0.2) is 8.42 Å². The van der Waals surface area contributed by atoms with E-state index in [0.29, 0.717) is 28.5 Å². The normalized spacial score (nSPS) is 14.9. The summed E-state index contributed by atoms with van der Waals surface area (Å²) in [4.78, 5) is 14.6. The third-order valence-electron chi connectivity index (χ3n) is 5.26. The molecule has 0 unspecified atom stereocenters. The van der Waals surface area contributed by atoms with Crippen LogP contribution < -0.4 is 9.47 Å². The first-order valence-electron chi connectivity index (χ1n) is 9.82. The molecule has 0 N–H and O–H groups in total. The van der Waals surface area contributed by atoms with Crippen LogP contribution in [0.5, 0.6) is 11.5 Å². The number of amides is 1. The van der Waals surface area contributed by atoms with Gasteiger partial charge in [-0.3, -0.25) is 4.79 Å². The molecule has 0 spiro atoms. The quantitative estimate of drug-likeness (QED) is 0.550. The van der Waals surface area contributed by atoms with Gasteiger partial charge in [0.2, 0.25) is 22.3 Å². The molecule has 11 heteroatoms. The minimum absolute atomic E-state index is 0.117. The molecule has 0 saturated carbocycles. The smallest absolute Gasteiger partial charge is 0.253 e. The van der Waals surface area contributed by atoms with Crippen LogP contribution in [0.4, 0.5) is 0 Å². The predicted molar refractivity (Wildman–Crippen MR) is 114 cm³/mol. The number of benzene rings is 2. The molecule has 0 bridgehead atoms. The van der Waals surface area contributed by atoms with Crippen molar-refractivity contribution in [1.29, 1.82) is 0 Å². The minimum Gasteiger partial charge on any atom is -0.493 e. The van der Waals surface area contributed by atoms with Crippen LogP contribution in [0.25, 0.3) is 11.5 Å². The van der Waals surface area contributed by atoms with E-state index in [9.17, 15) is 13.2 Å². The van der Waals surface area contributed by atoms with Gasteiger partial charge >= 0.3 is 0 Å². The van der Waals surface area contributed by atoms with E-state index < -0.39 is 10.0 Å². The van der Waals surface area contributed by atoms with Gasteiger partial charge in [0.05, 0.1) is 19.1 Å². The zero-order valence-corrected chi connectivity index (χ0v) is 18.4. The first kappa shape index (κ1) is 21.8. The number of carbonyl (C=O) groups excluding carboxylic acids is 1. The number of rotatable bonds is 6. The van der Waals surface area contributed by atoms with Crippen LogP contribution in [-0.2, 0) is 10.0 Å². The zero-order chi connectivity index (χ0) is 22.7. The van der Waals surface area contributed by atoms with Crippen LogP contribution in [0, 0.1) is 0 Å². The monoisotopic (exact) mass is 458 g/mol. The fourth-order valence-electron chi connectivity index (χ4n) is 3.49. The van der Waals surface area contributed by atoms with Gasteiger partial charge in [0.25, 0.3) is 5.91 Å². The summed E-state index contributed by atoms with van der Waals surface area (Å²) >= 11 is 0. The van der Waals surface area contributed by atoms with Crippen LogP contribution in [0.2, 0.25) is 0 Å². The van der Waals surface area contributed by atoms with E-state index in [1.165, 1.54) is 37.1 Å². The summed E-state index contributed by atoms with van der Waals surface area (Å²) in [7, 11) is -0.789. The lowest BCUT2D eigenvalue weighted by Gasteiger charge is -2.34. The minimum atomic E-state index is -3.73. The van der Waals surface area contributed by atoms with E-state index in [-0.39, 0.29) is 37.0 Å². The van der Waals surface area contributed by atoms with Crippen molar-refractivity contribution in [1.82, 2.24) is 19.4 Å². The summed E-state index contributed by atoms with van der Waals surface area (Å²) in [6.45, 7) is 0.971. The highest BCUT2D eigenvalue weighted by Crippen LogP contribution is 2.31. The Balaban J connectivity index is 1.43. The van der Waals surface area contributed by atoms with E-state index in [1.54, 1.807) is 35.2 Å². The molecule has 168 valence electrons. The molecule has 1 aliphatic rings. The molecule has 1 aliphatic heterocycles. The predicted octanol–water partition coefficient (Wildman–Crippen LogP) is 1.90. The number of ether oxygens (including phenoxy) is 2. The summed E-state index contributed by atoms with van der Waals surface area (Å²) < 4.78 is 43.0. The average Bonchev–Trinajstić information content (AvgIpc) is 3.38. The Kier molecular flexibility index (Phi) is 6.10. The Bertz CT molecular complexity index is 1190. The molecule has 32 heavy (non-hydrogen) atoms. The number of methoxy groups -OCH3 is 2. The third-order valence-corrected chi connectivity index (χ3v) is 7.15. The summed E-state index contributed by atoms with van der Waals surface area (Å²) in [5.74, 6) is 1.00. The molecule has 0 radical (unpaired) electrons. The summed E-state index contributed by atoms with van der Waals surface area (Å²) in [5, 5.41) is 7.48. The molecule has 1 aromatic heterocycles. The average molecular weight is 458 g/mol. The maximum absolute atomic E-state index is 13.1. The topological polar surface area (TPSA) is 115 Å². The second kappa shape index (κ2) is 8.97. The van der Waals surface area contributed by atoms with Crippen molar-refractivity contribution in [3.8, 4) is 23.0 Å². The second-order valence-electron chi connectivity index (χ2n) is 7.03. The lowest BCUT2D eigenvalue weighted by molar-refractivity contribution is 0.0698. The molecule has 4 rings (SSSR count). The molecule has 2 heterocycles. The molecule has 10 nitrogen and oxygen atoms in total. The highest BCUT2D eigenvalue weighted by Gasteiger charge is 2.31. The Morgan fingerprint density at radius 3 is 2.25 bits per heavy atom. The van der Waals surface area contributed by atoms with E-state index in [0.717, 1.165) is 0 Å². The largest absolute Gasteiger partial charge is 0.493 e. The third kappa shape index (κ3) is 4.16. The maximum atomic E-state index is 13.1. The highest BCUT2D eigenvalue weighted by atomic mass is 32.2. The zero-order valence-electron chi connectivity index (χ0n) is 17.6. The van der Waals surface area contributed by atoms with Crippen molar-refractivity contribution < 1.29 is 27.1 Å². The molecule has 1 saturated heterocycles. The molecular formula is C21H22N4O6S. The first-order valence-corrected chi connectivity index (χ1v) is 11.3. The lowest BCUT2D eigenvalue weighted by Crippen LogP contribution is -2.50. The molecule has 0 atom stereocenters. The number of sulfonamides is 1. The van der Waals surface area contributed by atoms with Crippen molar-refractivity contribution in [3.05, 3.63) is 54.4 Å². The lowest BCUT2D eigenvalue weighted by atomic mass is 10.1. The number of nitrogens with zero attached hydrogens (tertiary/aromatic N) is 4. The van der Waals surface area contributed by atoms with Crippen LogP contribution in [0.15, 0.2) is 58.2 Å². The van der Waals surface area contributed by atoms with Gasteiger partial charge in [-0.1, -0.05) is 0 Å². The molecule has 1 fully saturated rings. The van der Waals surface area contributed by atoms with E-state index >= 15 is 0 Å². The Morgan fingerprint density at radius 2 is 1.66 bits per heavy atom. The Labute approximate surface area is 185 Å². The SMILES string of the molecule is COc1ccc(S(=O)(=O)N2CCN(C(=O)c3ccc(-c4nnco4)cc3)CC2)cc1OC. The number of piperazine rings is 1. The number of aromatic nitrogens is 2. The molecule has 3 aromatic rings. The summed E-state index contributed by atoms with van der Waals surface area (Å²) in [5.41, 5.74) is 1.22. The van der Waals surface area contributed by atoms with Crippen molar-refractivity contribution >= 4 is 15.9 Å². The van der Waals surface area contributed by atoms with Crippen LogP contribution in [0.1, 0.15) is 10.4 Å². The number of hydrogen-bond donors (Lipinski definition) is 0. The van der Waals surface area contributed by atoms with E-state index in [4.69, 9.17) is 13.9 Å². The van der Waals surface area contributed by atoms with Gasteiger partial charge in [0.1, 0.15) is 0 Å². The maximum Gasteiger partial charge on any atom is 0.253 e. The van der Waals surface area contributed by atoms with E-state index in [1.807, 2.05) is 0 Å². The Morgan fingerprint density at radius 1 is 0.969 bits per heavy atom. The Hall–Kier alpha value is -3.44. The fourth-order valence-corrected chi connectivity index (χ4v) is 4.93. The number of hydrogen-bond acceptors (Lipinski definition) is 8. The number of carbonyl (C=O) groups is 1. The van der Waals surface area contributed by atoms with Gasteiger partial charge in [0, 0.05) is 43.4 Å². The van der Waals surface area contributed by atoms with E-state index in [2.05, 4.69) is 10.2 Å². The standard InChI is InChI=1S/C21H22N4O6S/c1-29-18-8-7-17(13-19(18)30-2)32(27,28)25-11-9-24(10-12-25)21(26)16-5-3-15(4-6-16)20-23-22-14-31-20/h3-8,13-14H,9-12H2,1-2H3. The highest BCUT2D eigenvalue weighted by molar-refractivity contribution is 7.89. The molecule has 0 aliphatic carbocycles. The second-order valence-corrected chi connectivity index (χ2v) is 8.97. The van der Waals surface area contributed by atoms with Crippen molar-refractivity contribution in [3.63, 3.8) is 0 Å².